The molecule has 7 rings (SSSR count). The second-order valence-corrected chi connectivity index (χ2v) is 11.2. The van der Waals surface area contributed by atoms with Crippen LogP contribution in [0.5, 0.6) is 23.0 Å². The summed E-state index contributed by atoms with van der Waals surface area (Å²) in [7, 11) is 0. The number of nitrogens with two attached hydrogens (primary N) is 2. The van der Waals surface area contributed by atoms with Crippen LogP contribution in [-0.2, 0) is 6.42 Å². The van der Waals surface area contributed by atoms with Crippen molar-refractivity contribution in [2.24, 2.45) is 0 Å². The summed E-state index contributed by atoms with van der Waals surface area (Å²) in [6.45, 7) is 4.01. The number of aryl methyl sites for hydroxylation is 2. The fraction of sp³-hybridized carbons (Fsp3) is 0.0769. The van der Waals surface area contributed by atoms with Crippen LogP contribution in [0.15, 0.2) is 121 Å². The molecule has 1 aliphatic rings. The minimum absolute atomic E-state index is 0.728. The summed E-state index contributed by atoms with van der Waals surface area (Å²) in [5, 5.41) is 0. The van der Waals surface area contributed by atoms with E-state index in [4.69, 9.17) is 20.9 Å². The van der Waals surface area contributed by atoms with E-state index in [1.165, 1.54) is 33.4 Å². The predicted molar refractivity (Wildman–Crippen MR) is 177 cm³/mol. The third-order valence-electron chi connectivity index (χ3n) is 8.15. The maximum absolute atomic E-state index is 6.21. The zero-order valence-corrected chi connectivity index (χ0v) is 24.2. The molecule has 0 aliphatic heterocycles. The van der Waals surface area contributed by atoms with Crippen LogP contribution in [0.4, 0.5) is 11.4 Å². The molecule has 0 saturated heterocycles. The van der Waals surface area contributed by atoms with Crippen molar-refractivity contribution in [3.63, 3.8) is 0 Å². The van der Waals surface area contributed by atoms with Gasteiger partial charge in [-0.15, -0.1) is 0 Å². The fourth-order valence-electron chi connectivity index (χ4n) is 6.00. The van der Waals surface area contributed by atoms with E-state index in [9.17, 15) is 0 Å². The first-order valence-electron chi connectivity index (χ1n) is 14.5. The van der Waals surface area contributed by atoms with Crippen LogP contribution in [0.3, 0.4) is 0 Å². The van der Waals surface area contributed by atoms with Gasteiger partial charge in [0, 0.05) is 11.4 Å². The van der Waals surface area contributed by atoms with Crippen molar-refractivity contribution in [3.05, 3.63) is 144 Å². The third-order valence-corrected chi connectivity index (χ3v) is 8.15. The molecule has 4 N–H and O–H groups in total. The average molecular weight is 561 g/mol. The summed E-state index contributed by atoms with van der Waals surface area (Å²) in [4.78, 5) is 0. The van der Waals surface area contributed by atoms with Gasteiger partial charge >= 0.3 is 0 Å². The molecule has 0 unspecified atom stereocenters. The van der Waals surface area contributed by atoms with Gasteiger partial charge in [0.15, 0.2) is 0 Å². The summed E-state index contributed by atoms with van der Waals surface area (Å²) in [5.41, 5.74) is 25.3. The first-order chi connectivity index (χ1) is 20.9. The molecular formula is C39H32N2O2. The molecule has 0 saturated carbocycles. The topological polar surface area (TPSA) is 70.5 Å². The van der Waals surface area contributed by atoms with Crippen LogP contribution in [0.2, 0.25) is 0 Å². The van der Waals surface area contributed by atoms with Crippen LogP contribution in [0.25, 0.3) is 33.4 Å². The Hall–Kier alpha value is -5.48. The summed E-state index contributed by atoms with van der Waals surface area (Å²) in [6.07, 6.45) is 0.898. The van der Waals surface area contributed by atoms with Crippen LogP contribution >= 0.6 is 0 Å². The minimum Gasteiger partial charge on any atom is -0.457 e. The molecule has 0 heterocycles. The lowest BCUT2D eigenvalue weighted by molar-refractivity contribution is 0.479. The van der Waals surface area contributed by atoms with Crippen molar-refractivity contribution in [1.29, 1.82) is 0 Å². The standard InChI is InChI=1S/C39H32N2O2/c1-24-21-29(40)11-19-37(24)42-31-13-7-26(8-14-31)34-17-18-35-33-6-4-3-5-28(33)23-36(35)39(34)27-9-15-32(16-10-27)43-38-20-12-30(41)22-25(38)2/h3-22H,23,40-41H2,1-2H3. The van der Waals surface area contributed by atoms with E-state index in [1.807, 2.05) is 74.5 Å². The zero-order chi connectivity index (χ0) is 29.5. The summed E-state index contributed by atoms with van der Waals surface area (Å²) in [6, 6.07) is 41.4. The monoisotopic (exact) mass is 560 g/mol. The zero-order valence-electron chi connectivity index (χ0n) is 24.2. The third kappa shape index (κ3) is 5.08. The highest BCUT2D eigenvalue weighted by molar-refractivity contribution is 5.93. The van der Waals surface area contributed by atoms with E-state index < -0.39 is 0 Å². The second kappa shape index (κ2) is 10.7. The van der Waals surface area contributed by atoms with Crippen molar-refractivity contribution in [2.45, 2.75) is 20.3 Å². The summed E-state index contributed by atoms with van der Waals surface area (Å²) < 4.78 is 12.4. The molecule has 4 nitrogen and oxygen atoms in total. The Balaban J connectivity index is 1.26. The number of hydrogen-bond acceptors (Lipinski definition) is 4. The largest absolute Gasteiger partial charge is 0.457 e. The number of ether oxygens (including phenoxy) is 2. The Morgan fingerprint density at radius 1 is 0.512 bits per heavy atom. The Morgan fingerprint density at radius 2 is 1.05 bits per heavy atom. The normalized spacial score (nSPS) is 11.6. The van der Waals surface area contributed by atoms with Crippen molar-refractivity contribution in [3.8, 4) is 56.4 Å². The molecule has 0 radical (unpaired) electrons. The lowest BCUT2D eigenvalue weighted by Crippen LogP contribution is -1.94. The molecular weight excluding hydrogens is 528 g/mol. The number of hydrogen-bond donors (Lipinski definition) is 2. The van der Waals surface area contributed by atoms with Crippen LogP contribution in [0.1, 0.15) is 22.3 Å². The van der Waals surface area contributed by atoms with Gasteiger partial charge in [0.05, 0.1) is 0 Å². The maximum atomic E-state index is 6.21. The molecule has 0 aromatic heterocycles. The Labute approximate surface area is 252 Å². The van der Waals surface area contributed by atoms with Gasteiger partial charge in [-0.25, -0.2) is 0 Å². The Morgan fingerprint density at radius 3 is 1.63 bits per heavy atom. The van der Waals surface area contributed by atoms with E-state index in [0.29, 0.717) is 0 Å². The number of rotatable bonds is 6. The molecule has 0 atom stereocenters. The smallest absolute Gasteiger partial charge is 0.130 e. The van der Waals surface area contributed by atoms with E-state index >= 15 is 0 Å². The molecule has 0 fully saturated rings. The van der Waals surface area contributed by atoms with Crippen molar-refractivity contribution >= 4 is 11.4 Å². The summed E-state index contributed by atoms with van der Waals surface area (Å²) in [5.74, 6) is 3.17. The van der Waals surface area contributed by atoms with Gasteiger partial charge in [-0.3, -0.25) is 0 Å². The number of fused-ring (bicyclic) bond motifs is 3. The van der Waals surface area contributed by atoms with E-state index in [-0.39, 0.29) is 0 Å². The first kappa shape index (κ1) is 26.4. The average Bonchev–Trinajstić information content (AvgIpc) is 3.39. The molecule has 0 bridgehead atoms. The lowest BCUT2D eigenvalue weighted by atomic mass is 9.88. The first-order valence-corrected chi connectivity index (χ1v) is 14.5. The van der Waals surface area contributed by atoms with Gasteiger partial charge in [0.2, 0.25) is 0 Å². The lowest BCUT2D eigenvalue weighted by Gasteiger charge is -2.17. The minimum atomic E-state index is 0.728. The number of anilines is 2. The number of benzene rings is 6. The predicted octanol–water partition coefficient (Wildman–Crippen LogP) is 9.96. The van der Waals surface area contributed by atoms with Crippen molar-refractivity contribution in [2.75, 3.05) is 11.5 Å². The molecule has 210 valence electrons. The molecule has 4 heteroatoms. The molecule has 0 spiro atoms. The maximum Gasteiger partial charge on any atom is 0.130 e. The second-order valence-electron chi connectivity index (χ2n) is 11.2. The van der Waals surface area contributed by atoms with Gasteiger partial charge in [-0.2, -0.15) is 0 Å². The van der Waals surface area contributed by atoms with Gasteiger partial charge < -0.3 is 20.9 Å². The van der Waals surface area contributed by atoms with E-state index in [1.54, 1.807) is 0 Å². The van der Waals surface area contributed by atoms with Crippen LogP contribution < -0.4 is 20.9 Å². The molecule has 1 aliphatic carbocycles. The van der Waals surface area contributed by atoms with E-state index in [2.05, 4.69) is 60.7 Å². The van der Waals surface area contributed by atoms with Gasteiger partial charge in [-0.05, 0) is 137 Å². The quantitative estimate of drug-likeness (QED) is 0.199. The van der Waals surface area contributed by atoms with E-state index in [0.717, 1.165) is 63.0 Å². The SMILES string of the molecule is Cc1cc(N)ccc1Oc1ccc(-c2ccc3c(c2-c2ccc(Oc4ccc(N)cc4C)cc2)Cc2ccccc2-3)cc1. The highest BCUT2D eigenvalue weighted by Crippen LogP contribution is 2.46. The highest BCUT2D eigenvalue weighted by atomic mass is 16.5. The van der Waals surface area contributed by atoms with Gasteiger partial charge in [-0.1, -0.05) is 60.7 Å². The van der Waals surface area contributed by atoms with Crippen molar-refractivity contribution in [1.82, 2.24) is 0 Å². The molecule has 0 amide bonds. The molecule has 6 aromatic rings. The van der Waals surface area contributed by atoms with Crippen molar-refractivity contribution < 1.29 is 9.47 Å². The highest BCUT2D eigenvalue weighted by Gasteiger charge is 2.24. The van der Waals surface area contributed by atoms with Crippen LogP contribution in [-0.4, -0.2) is 0 Å². The summed E-state index contributed by atoms with van der Waals surface area (Å²) >= 11 is 0. The fourth-order valence-corrected chi connectivity index (χ4v) is 6.00. The van der Waals surface area contributed by atoms with Gasteiger partial charge in [0.1, 0.15) is 23.0 Å². The Bertz CT molecular complexity index is 1980. The Kier molecular flexibility index (Phi) is 6.59. The van der Waals surface area contributed by atoms with Crippen LogP contribution in [0, 0.1) is 13.8 Å². The molecule has 43 heavy (non-hydrogen) atoms. The number of nitrogen functional groups attached to an aromatic ring is 2. The molecule has 6 aromatic carbocycles. The van der Waals surface area contributed by atoms with Gasteiger partial charge in [0.25, 0.3) is 0 Å².